The summed E-state index contributed by atoms with van der Waals surface area (Å²) in [5.41, 5.74) is 3.66. The molecule has 0 aliphatic heterocycles. The van der Waals surface area contributed by atoms with E-state index in [1.807, 2.05) is 6.07 Å². The van der Waals surface area contributed by atoms with E-state index in [0.717, 1.165) is 11.4 Å². The van der Waals surface area contributed by atoms with E-state index in [-0.39, 0.29) is 0 Å². The van der Waals surface area contributed by atoms with Gasteiger partial charge in [0.15, 0.2) is 0 Å². The van der Waals surface area contributed by atoms with Gasteiger partial charge < -0.3 is 4.57 Å². The van der Waals surface area contributed by atoms with Crippen molar-refractivity contribution in [1.29, 1.82) is 0 Å². The quantitative estimate of drug-likeness (QED) is 0.597. The first-order chi connectivity index (χ1) is 9.31. The summed E-state index contributed by atoms with van der Waals surface area (Å²) >= 11 is 5.48. The Bertz CT molecular complexity index is 725. The van der Waals surface area contributed by atoms with Crippen molar-refractivity contribution in [3.05, 3.63) is 60.8 Å². The van der Waals surface area contributed by atoms with Gasteiger partial charge in [-0.05, 0) is 18.1 Å². The molecule has 19 heavy (non-hydrogen) atoms. The Morgan fingerprint density at radius 1 is 1.00 bits per heavy atom. The fourth-order valence-electron chi connectivity index (χ4n) is 2.40. The molecule has 0 radical (unpaired) electrons. The standard InChI is InChI=1S/C17H15NS/c1-2-17(19)18-12-15(13-8-4-3-5-9-13)14-10-6-7-11-16(14)18/h3-12H,2H2,1H3. The number of para-hydroxylation sites is 1. The smallest absolute Gasteiger partial charge is 0.0862 e. The molecule has 0 N–H and O–H groups in total. The Balaban J connectivity index is 2.29. The van der Waals surface area contributed by atoms with E-state index in [1.165, 1.54) is 22.0 Å². The fraction of sp³-hybridized carbons (Fsp3) is 0.118. The monoisotopic (exact) mass is 265 g/mol. The van der Waals surface area contributed by atoms with Gasteiger partial charge in [0.25, 0.3) is 0 Å². The summed E-state index contributed by atoms with van der Waals surface area (Å²) in [4.78, 5) is 0.957. The molecule has 0 amide bonds. The van der Waals surface area contributed by atoms with E-state index >= 15 is 0 Å². The van der Waals surface area contributed by atoms with Crippen molar-refractivity contribution in [1.82, 2.24) is 4.57 Å². The molecule has 3 aromatic rings. The van der Waals surface area contributed by atoms with Gasteiger partial charge in [-0.1, -0.05) is 67.7 Å². The van der Waals surface area contributed by atoms with Crippen LogP contribution in [0.4, 0.5) is 0 Å². The number of hydrogen-bond acceptors (Lipinski definition) is 1. The zero-order chi connectivity index (χ0) is 13.2. The minimum Gasteiger partial charge on any atom is -0.310 e. The molecule has 1 aromatic heterocycles. The summed E-state index contributed by atoms with van der Waals surface area (Å²) in [5, 5.41) is 1.25. The lowest BCUT2D eigenvalue weighted by Gasteiger charge is -2.03. The third-order valence-electron chi connectivity index (χ3n) is 3.37. The highest BCUT2D eigenvalue weighted by Crippen LogP contribution is 2.30. The van der Waals surface area contributed by atoms with E-state index in [2.05, 4.69) is 66.2 Å². The van der Waals surface area contributed by atoms with Crippen molar-refractivity contribution in [2.45, 2.75) is 13.3 Å². The van der Waals surface area contributed by atoms with Crippen LogP contribution < -0.4 is 0 Å². The largest absolute Gasteiger partial charge is 0.310 e. The van der Waals surface area contributed by atoms with Crippen molar-refractivity contribution in [3.8, 4) is 11.1 Å². The maximum Gasteiger partial charge on any atom is 0.0862 e. The number of hydrogen-bond donors (Lipinski definition) is 0. The molecule has 0 saturated carbocycles. The van der Waals surface area contributed by atoms with Crippen LogP contribution in [0, 0.1) is 0 Å². The number of rotatable bonds is 2. The van der Waals surface area contributed by atoms with Crippen LogP contribution in [0.25, 0.3) is 22.0 Å². The summed E-state index contributed by atoms with van der Waals surface area (Å²) < 4.78 is 2.13. The molecule has 0 aliphatic carbocycles. The first-order valence-electron chi connectivity index (χ1n) is 6.50. The molecule has 1 heterocycles. The van der Waals surface area contributed by atoms with E-state index < -0.39 is 0 Å². The molecular formula is C17H15NS. The maximum atomic E-state index is 5.48. The van der Waals surface area contributed by atoms with Gasteiger partial charge in [0, 0.05) is 17.1 Å². The predicted molar refractivity (Wildman–Crippen MR) is 85.7 cm³/mol. The second-order valence-corrected chi connectivity index (χ2v) is 5.01. The topological polar surface area (TPSA) is 4.93 Å². The van der Waals surface area contributed by atoms with Crippen molar-refractivity contribution in [2.75, 3.05) is 0 Å². The normalized spacial score (nSPS) is 10.8. The van der Waals surface area contributed by atoms with Gasteiger partial charge in [0.1, 0.15) is 0 Å². The molecule has 0 aliphatic rings. The van der Waals surface area contributed by atoms with Gasteiger partial charge in [-0.3, -0.25) is 0 Å². The van der Waals surface area contributed by atoms with Crippen LogP contribution in [-0.4, -0.2) is 9.56 Å². The van der Waals surface area contributed by atoms with Crippen LogP contribution in [0.2, 0.25) is 0 Å². The number of nitrogens with zero attached hydrogens (tertiary/aromatic N) is 1. The highest BCUT2D eigenvalue weighted by atomic mass is 32.1. The summed E-state index contributed by atoms with van der Waals surface area (Å²) in [6, 6.07) is 18.9. The van der Waals surface area contributed by atoms with Crippen LogP contribution >= 0.6 is 12.2 Å². The molecule has 94 valence electrons. The lowest BCUT2D eigenvalue weighted by atomic mass is 10.1. The third-order valence-corrected chi connectivity index (χ3v) is 3.85. The van der Waals surface area contributed by atoms with E-state index in [0.29, 0.717) is 0 Å². The van der Waals surface area contributed by atoms with Crippen molar-refractivity contribution in [2.24, 2.45) is 0 Å². The third kappa shape index (κ3) is 2.08. The van der Waals surface area contributed by atoms with Gasteiger partial charge in [0.05, 0.1) is 10.5 Å². The Labute approximate surface area is 118 Å². The molecule has 3 rings (SSSR count). The summed E-state index contributed by atoms with van der Waals surface area (Å²) in [6.45, 7) is 2.10. The Morgan fingerprint density at radius 2 is 1.68 bits per heavy atom. The molecule has 2 heteroatoms. The SMILES string of the molecule is CCC(=S)n1cc(-c2ccccc2)c2ccccc21. The molecular weight excluding hydrogens is 250 g/mol. The molecule has 0 fully saturated rings. The summed E-state index contributed by atoms with van der Waals surface area (Å²) in [5.74, 6) is 0. The van der Waals surface area contributed by atoms with Gasteiger partial charge >= 0.3 is 0 Å². The molecule has 0 spiro atoms. The molecule has 1 nitrogen and oxygen atoms in total. The van der Waals surface area contributed by atoms with E-state index in [4.69, 9.17) is 12.2 Å². The highest BCUT2D eigenvalue weighted by Gasteiger charge is 2.11. The second-order valence-electron chi connectivity index (χ2n) is 4.54. The number of thiocarbonyl (C=S) groups is 1. The maximum absolute atomic E-state index is 5.48. The first kappa shape index (κ1) is 12.1. The minimum atomic E-state index is 0.877. The zero-order valence-corrected chi connectivity index (χ0v) is 11.7. The van der Waals surface area contributed by atoms with Crippen LogP contribution in [0.15, 0.2) is 60.8 Å². The summed E-state index contributed by atoms with van der Waals surface area (Å²) in [6.07, 6.45) is 3.04. The lowest BCUT2D eigenvalue weighted by molar-refractivity contribution is 1.15. The van der Waals surface area contributed by atoms with Crippen LogP contribution in [-0.2, 0) is 0 Å². The van der Waals surface area contributed by atoms with Gasteiger partial charge in [-0.25, -0.2) is 0 Å². The summed E-state index contributed by atoms with van der Waals surface area (Å²) in [7, 11) is 0. The van der Waals surface area contributed by atoms with Crippen LogP contribution in [0.1, 0.15) is 13.3 Å². The zero-order valence-electron chi connectivity index (χ0n) is 10.8. The van der Waals surface area contributed by atoms with Gasteiger partial charge in [0.2, 0.25) is 0 Å². The number of benzene rings is 2. The van der Waals surface area contributed by atoms with Gasteiger partial charge in [-0.2, -0.15) is 0 Å². The Hall–Kier alpha value is -1.93. The van der Waals surface area contributed by atoms with E-state index in [1.54, 1.807) is 0 Å². The molecule has 0 unspecified atom stereocenters. The van der Waals surface area contributed by atoms with Crippen molar-refractivity contribution in [3.63, 3.8) is 0 Å². The molecule has 0 saturated heterocycles. The molecule has 0 bridgehead atoms. The lowest BCUT2D eigenvalue weighted by Crippen LogP contribution is -2.05. The highest BCUT2D eigenvalue weighted by molar-refractivity contribution is 7.80. The molecule has 0 atom stereocenters. The average molecular weight is 265 g/mol. The molecule has 2 aromatic carbocycles. The number of fused-ring (bicyclic) bond motifs is 1. The van der Waals surface area contributed by atoms with Crippen LogP contribution in [0.5, 0.6) is 0 Å². The first-order valence-corrected chi connectivity index (χ1v) is 6.91. The average Bonchev–Trinajstić information content (AvgIpc) is 2.87. The Morgan fingerprint density at radius 3 is 2.42 bits per heavy atom. The number of aromatic nitrogens is 1. The van der Waals surface area contributed by atoms with Crippen molar-refractivity contribution >= 4 is 28.1 Å². The van der Waals surface area contributed by atoms with Gasteiger partial charge in [-0.15, -0.1) is 0 Å². The van der Waals surface area contributed by atoms with E-state index in [9.17, 15) is 0 Å². The van der Waals surface area contributed by atoms with Crippen molar-refractivity contribution < 1.29 is 0 Å². The Kier molecular flexibility index (Phi) is 3.18. The predicted octanol–water partition coefficient (Wildman–Crippen LogP) is 4.89. The second kappa shape index (κ2) is 4.98. The van der Waals surface area contributed by atoms with Crippen LogP contribution in [0.3, 0.4) is 0 Å². The minimum absolute atomic E-state index is 0.877. The fourth-order valence-corrected chi connectivity index (χ4v) is 2.56.